The molecular weight excluding hydrogens is 351 g/mol. The Morgan fingerprint density at radius 3 is 2.53 bits per heavy atom. The van der Waals surface area contributed by atoms with Gasteiger partial charge < -0.3 is 4.90 Å². The second kappa shape index (κ2) is 6.70. The number of rotatable bonds is 3. The predicted molar refractivity (Wildman–Crippen MR) is 86.3 cm³/mol. The Bertz CT molecular complexity index is 440. The van der Waals surface area contributed by atoms with Crippen LogP contribution in [0.3, 0.4) is 0 Å². The van der Waals surface area contributed by atoms with Crippen LogP contribution in [0.5, 0.6) is 0 Å². The third-order valence-corrected chi connectivity index (χ3v) is 4.03. The molecule has 4 heteroatoms. The van der Waals surface area contributed by atoms with Gasteiger partial charge in [0.1, 0.15) is 0 Å². The lowest BCUT2D eigenvalue weighted by Gasteiger charge is -2.35. The van der Waals surface area contributed by atoms with E-state index in [0.717, 1.165) is 41.9 Å². The van der Waals surface area contributed by atoms with E-state index in [1.165, 1.54) is 0 Å². The fourth-order valence-corrected chi connectivity index (χ4v) is 3.00. The highest BCUT2D eigenvalue weighted by molar-refractivity contribution is 14.1. The monoisotopic (exact) mass is 372 g/mol. The number of halogens is 1. The molecule has 1 aromatic rings. The zero-order valence-electron chi connectivity index (χ0n) is 11.6. The molecule has 1 fully saturated rings. The van der Waals surface area contributed by atoms with E-state index in [1.54, 1.807) is 0 Å². The summed E-state index contributed by atoms with van der Waals surface area (Å²) in [4.78, 5) is 16.8. The maximum atomic E-state index is 12.4. The number of hydrogen-bond acceptors (Lipinski definition) is 2. The minimum atomic E-state index is 0.169. The summed E-state index contributed by atoms with van der Waals surface area (Å²) in [5.74, 6) is 0.862. The number of carbonyl (C=O) groups excluding carboxylic acids is 1. The summed E-state index contributed by atoms with van der Waals surface area (Å²) in [6, 6.07) is 7.83. The minimum Gasteiger partial charge on any atom is -0.336 e. The van der Waals surface area contributed by atoms with Gasteiger partial charge in [-0.15, -0.1) is 0 Å². The van der Waals surface area contributed by atoms with Crippen LogP contribution in [0, 0.1) is 9.49 Å². The molecule has 0 aliphatic carbocycles. The zero-order chi connectivity index (χ0) is 13.8. The number of carbonyl (C=O) groups is 1. The van der Waals surface area contributed by atoms with Crippen LogP contribution in [-0.4, -0.2) is 48.4 Å². The second-order valence-corrected chi connectivity index (χ2v) is 6.74. The molecule has 2 rings (SSSR count). The molecule has 1 heterocycles. The van der Waals surface area contributed by atoms with Crippen LogP contribution < -0.4 is 0 Å². The van der Waals surface area contributed by atoms with Gasteiger partial charge in [0.05, 0.1) is 0 Å². The second-order valence-electron chi connectivity index (χ2n) is 5.50. The summed E-state index contributed by atoms with van der Waals surface area (Å²) in [6.07, 6.45) is 0. The third kappa shape index (κ3) is 4.18. The SMILES string of the molecule is CC(C)CN1CCN(C(=O)c2cccc(I)c2)CC1. The van der Waals surface area contributed by atoms with E-state index in [0.29, 0.717) is 5.92 Å². The maximum absolute atomic E-state index is 12.4. The van der Waals surface area contributed by atoms with Gasteiger partial charge in [-0.05, 0) is 46.7 Å². The van der Waals surface area contributed by atoms with Gasteiger partial charge >= 0.3 is 0 Å². The molecule has 0 unspecified atom stereocenters. The first-order chi connectivity index (χ1) is 9.06. The first-order valence-corrected chi connectivity index (χ1v) is 7.91. The predicted octanol–water partition coefficient (Wildman–Crippen LogP) is 2.71. The molecule has 0 N–H and O–H groups in total. The molecule has 1 aromatic carbocycles. The largest absolute Gasteiger partial charge is 0.336 e. The quantitative estimate of drug-likeness (QED) is 0.762. The van der Waals surface area contributed by atoms with Gasteiger partial charge in [-0.1, -0.05) is 19.9 Å². The van der Waals surface area contributed by atoms with Crippen LogP contribution in [0.4, 0.5) is 0 Å². The first-order valence-electron chi connectivity index (χ1n) is 6.83. The van der Waals surface area contributed by atoms with E-state index in [4.69, 9.17) is 0 Å². The van der Waals surface area contributed by atoms with E-state index < -0.39 is 0 Å². The molecule has 19 heavy (non-hydrogen) atoms. The average molecular weight is 372 g/mol. The number of nitrogens with zero attached hydrogens (tertiary/aromatic N) is 2. The molecule has 0 radical (unpaired) electrons. The van der Waals surface area contributed by atoms with Crippen LogP contribution in [0.2, 0.25) is 0 Å². The van der Waals surface area contributed by atoms with Crippen molar-refractivity contribution in [1.82, 2.24) is 9.80 Å². The summed E-state index contributed by atoms with van der Waals surface area (Å²) in [5.41, 5.74) is 0.809. The highest BCUT2D eigenvalue weighted by Crippen LogP contribution is 2.13. The highest BCUT2D eigenvalue weighted by atomic mass is 127. The van der Waals surface area contributed by atoms with Gasteiger partial charge in [0.15, 0.2) is 0 Å². The van der Waals surface area contributed by atoms with Crippen molar-refractivity contribution in [2.24, 2.45) is 5.92 Å². The fraction of sp³-hybridized carbons (Fsp3) is 0.533. The minimum absolute atomic E-state index is 0.169. The van der Waals surface area contributed by atoms with Crippen LogP contribution in [0.25, 0.3) is 0 Å². The average Bonchev–Trinajstić information content (AvgIpc) is 2.38. The molecule has 0 saturated carbocycles. The van der Waals surface area contributed by atoms with Crippen molar-refractivity contribution in [1.29, 1.82) is 0 Å². The smallest absolute Gasteiger partial charge is 0.253 e. The van der Waals surface area contributed by atoms with E-state index in [1.807, 2.05) is 29.2 Å². The van der Waals surface area contributed by atoms with Crippen LogP contribution in [0.15, 0.2) is 24.3 Å². The molecule has 0 bridgehead atoms. The standard InChI is InChI=1S/C15H21IN2O/c1-12(2)11-17-6-8-18(9-7-17)15(19)13-4-3-5-14(16)10-13/h3-5,10,12H,6-9,11H2,1-2H3. The zero-order valence-corrected chi connectivity index (χ0v) is 13.8. The Kier molecular flexibility index (Phi) is 5.21. The van der Waals surface area contributed by atoms with Crippen molar-refractivity contribution >= 4 is 28.5 Å². The van der Waals surface area contributed by atoms with E-state index >= 15 is 0 Å². The molecule has 0 spiro atoms. The first kappa shape index (κ1) is 14.8. The van der Waals surface area contributed by atoms with Gasteiger partial charge in [0.25, 0.3) is 5.91 Å². The molecular formula is C15H21IN2O. The lowest BCUT2D eigenvalue weighted by atomic mass is 10.1. The van der Waals surface area contributed by atoms with Gasteiger partial charge in [-0.2, -0.15) is 0 Å². The Morgan fingerprint density at radius 2 is 1.95 bits per heavy atom. The number of piperazine rings is 1. The van der Waals surface area contributed by atoms with Crippen molar-refractivity contribution < 1.29 is 4.79 Å². The van der Waals surface area contributed by atoms with Crippen molar-refractivity contribution in [3.05, 3.63) is 33.4 Å². The Morgan fingerprint density at radius 1 is 1.26 bits per heavy atom. The molecule has 0 aromatic heterocycles. The molecule has 3 nitrogen and oxygen atoms in total. The molecule has 1 aliphatic rings. The normalized spacial score (nSPS) is 16.9. The summed E-state index contributed by atoms with van der Waals surface area (Å²) < 4.78 is 1.11. The van der Waals surface area contributed by atoms with Crippen molar-refractivity contribution in [3.8, 4) is 0 Å². The molecule has 0 atom stereocenters. The van der Waals surface area contributed by atoms with E-state index in [-0.39, 0.29) is 5.91 Å². The number of hydrogen-bond donors (Lipinski definition) is 0. The lowest BCUT2D eigenvalue weighted by Crippen LogP contribution is -2.49. The third-order valence-electron chi connectivity index (χ3n) is 3.35. The van der Waals surface area contributed by atoms with Gasteiger partial charge in [0, 0.05) is 41.9 Å². The molecule has 1 aliphatic heterocycles. The van der Waals surface area contributed by atoms with Gasteiger partial charge in [0.2, 0.25) is 0 Å². The summed E-state index contributed by atoms with van der Waals surface area (Å²) >= 11 is 2.25. The Labute approximate surface area is 129 Å². The van der Waals surface area contributed by atoms with E-state index in [2.05, 4.69) is 41.3 Å². The summed E-state index contributed by atoms with van der Waals surface area (Å²) in [6.45, 7) is 9.29. The van der Waals surface area contributed by atoms with Crippen LogP contribution in [0.1, 0.15) is 24.2 Å². The van der Waals surface area contributed by atoms with Gasteiger partial charge in [-0.3, -0.25) is 9.69 Å². The number of benzene rings is 1. The number of amides is 1. The maximum Gasteiger partial charge on any atom is 0.253 e. The van der Waals surface area contributed by atoms with Crippen molar-refractivity contribution in [3.63, 3.8) is 0 Å². The highest BCUT2D eigenvalue weighted by Gasteiger charge is 2.22. The Hall–Kier alpha value is -0.620. The summed E-state index contributed by atoms with van der Waals surface area (Å²) in [7, 11) is 0. The fourth-order valence-electron chi connectivity index (χ4n) is 2.45. The van der Waals surface area contributed by atoms with Gasteiger partial charge in [-0.25, -0.2) is 0 Å². The van der Waals surface area contributed by atoms with Crippen molar-refractivity contribution in [2.75, 3.05) is 32.7 Å². The topological polar surface area (TPSA) is 23.6 Å². The van der Waals surface area contributed by atoms with Crippen molar-refractivity contribution in [2.45, 2.75) is 13.8 Å². The molecule has 1 saturated heterocycles. The van der Waals surface area contributed by atoms with Crippen LogP contribution in [-0.2, 0) is 0 Å². The Balaban J connectivity index is 1.92. The lowest BCUT2D eigenvalue weighted by molar-refractivity contribution is 0.0624. The van der Waals surface area contributed by atoms with Crippen LogP contribution >= 0.6 is 22.6 Å². The molecule has 104 valence electrons. The molecule has 1 amide bonds. The summed E-state index contributed by atoms with van der Waals surface area (Å²) in [5, 5.41) is 0. The van der Waals surface area contributed by atoms with E-state index in [9.17, 15) is 4.79 Å².